The van der Waals surface area contributed by atoms with Gasteiger partial charge in [-0.15, -0.1) is 0 Å². The SMILES string of the molecule is COc1ccc(C2CCNC2)c(C)c1C. The zero-order chi connectivity index (χ0) is 10.8. The van der Waals surface area contributed by atoms with Crippen molar-refractivity contribution in [3.8, 4) is 5.75 Å². The summed E-state index contributed by atoms with van der Waals surface area (Å²) in [5.74, 6) is 1.69. The van der Waals surface area contributed by atoms with Gasteiger partial charge < -0.3 is 10.1 Å². The highest BCUT2D eigenvalue weighted by Gasteiger charge is 2.19. The van der Waals surface area contributed by atoms with E-state index in [9.17, 15) is 0 Å². The fourth-order valence-corrected chi connectivity index (χ4v) is 2.40. The molecular weight excluding hydrogens is 186 g/mol. The monoisotopic (exact) mass is 205 g/mol. The predicted octanol–water partition coefficient (Wildman–Crippen LogP) is 2.39. The molecule has 1 saturated heterocycles. The molecule has 2 heteroatoms. The van der Waals surface area contributed by atoms with E-state index in [1.165, 1.54) is 23.1 Å². The Morgan fingerprint density at radius 2 is 2.07 bits per heavy atom. The van der Waals surface area contributed by atoms with Crippen molar-refractivity contribution in [1.29, 1.82) is 0 Å². The molecular formula is C13H19NO. The molecule has 0 aliphatic carbocycles. The molecule has 1 aliphatic heterocycles. The van der Waals surface area contributed by atoms with E-state index in [0.717, 1.165) is 18.8 Å². The summed E-state index contributed by atoms with van der Waals surface area (Å²) in [5, 5.41) is 3.41. The molecule has 15 heavy (non-hydrogen) atoms. The van der Waals surface area contributed by atoms with Crippen molar-refractivity contribution >= 4 is 0 Å². The fourth-order valence-electron chi connectivity index (χ4n) is 2.40. The Morgan fingerprint density at radius 1 is 1.27 bits per heavy atom. The van der Waals surface area contributed by atoms with Crippen LogP contribution >= 0.6 is 0 Å². The minimum atomic E-state index is 0.689. The molecule has 1 aromatic rings. The van der Waals surface area contributed by atoms with Crippen LogP contribution in [0.3, 0.4) is 0 Å². The van der Waals surface area contributed by atoms with E-state index in [1.54, 1.807) is 7.11 Å². The first-order valence-electron chi connectivity index (χ1n) is 5.59. The summed E-state index contributed by atoms with van der Waals surface area (Å²) in [6.07, 6.45) is 1.26. The van der Waals surface area contributed by atoms with Crippen LogP contribution in [0.4, 0.5) is 0 Å². The first-order chi connectivity index (χ1) is 7.24. The van der Waals surface area contributed by atoms with Gasteiger partial charge in [0.15, 0.2) is 0 Å². The predicted molar refractivity (Wildman–Crippen MR) is 62.7 cm³/mol. The summed E-state index contributed by atoms with van der Waals surface area (Å²) in [7, 11) is 1.73. The summed E-state index contributed by atoms with van der Waals surface area (Å²) in [4.78, 5) is 0. The number of rotatable bonds is 2. The van der Waals surface area contributed by atoms with Crippen molar-refractivity contribution in [2.75, 3.05) is 20.2 Å². The van der Waals surface area contributed by atoms with Gasteiger partial charge >= 0.3 is 0 Å². The molecule has 2 rings (SSSR count). The lowest BCUT2D eigenvalue weighted by Crippen LogP contribution is -2.09. The van der Waals surface area contributed by atoms with Crippen LogP contribution in [0, 0.1) is 13.8 Å². The number of methoxy groups -OCH3 is 1. The number of benzene rings is 1. The number of hydrogen-bond donors (Lipinski definition) is 1. The van der Waals surface area contributed by atoms with Gasteiger partial charge in [0.1, 0.15) is 5.75 Å². The molecule has 1 aliphatic rings. The van der Waals surface area contributed by atoms with Gasteiger partial charge in [0, 0.05) is 6.54 Å². The van der Waals surface area contributed by atoms with Crippen LogP contribution in [0.5, 0.6) is 5.75 Å². The minimum Gasteiger partial charge on any atom is -0.496 e. The molecule has 0 bridgehead atoms. The summed E-state index contributed by atoms with van der Waals surface area (Å²) < 4.78 is 5.33. The van der Waals surface area contributed by atoms with Crippen molar-refractivity contribution < 1.29 is 4.74 Å². The highest BCUT2D eigenvalue weighted by molar-refractivity contribution is 5.45. The van der Waals surface area contributed by atoms with Crippen LogP contribution in [0.25, 0.3) is 0 Å². The number of hydrogen-bond acceptors (Lipinski definition) is 2. The first kappa shape index (κ1) is 10.5. The summed E-state index contributed by atoms with van der Waals surface area (Å²) in [6, 6.07) is 4.31. The summed E-state index contributed by atoms with van der Waals surface area (Å²) in [5.41, 5.74) is 4.16. The van der Waals surface area contributed by atoms with Gasteiger partial charge in [-0.3, -0.25) is 0 Å². The Kier molecular flexibility index (Phi) is 2.96. The van der Waals surface area contributed by atoms with Gasteiger partial charge in [-0.1, -0.05) is 6.07 Å². The fraction of sp³-hybridized carbons (Fsp3) is 0.538. The average Bonchev–Trinajstić information content (AvgIpc) is 2.75. The highest BCUT2D eigenvalue weighted by Crippen LogP contribution is 2.31. The topological polar surface area (TPSA) is 21.3 Å². The Hall–Kier alpha value is -1.02. The number of nitrogens with one attached hydrogen (secondary N) is 1. The standard InChI is InChI=1S/C13H19NO/c1-9-10(2)13(15-3)5-4-12(9)11-6-7-14-8-11/h4-5,11,14H,6-8H2,1-3H3. The molecule has 1 unspecified atom stereocenters. The van der Waals surface area contributed by atoms with Crippen LogP contribution in [0.1, 0.15) is 29.0 Å². The molecule has 1 atom stereocenters. The second-order valence-corrected chi connectivity index (χ2v) is 4.30. The maximum Gasteiger partial charge on any atom is 0.122 e. The van der Waals surface area contributed by atoms with E-state index in [2.05, 4.69) is 31.3 Å². The van der Waals surface area contributed by atoms with Crippen molar-refractivity contribution in [1.82, 2.24) is 5.32 Å². The Morgan fingerprint density at radius 3 is 2.67 bits per heavy atom. The molecule has 2 nitrogen and oxygen atoms in total. The quantitative estimate of drug-likeness (QED) is 0.800. The second-order valence-electron chi connectivity index (χ2n) is 4.30. The molecule has 0 aromatic heterocycles. The average molecular weight is 205 g/mol. The van der Waals surface area contributed by atoms with Gasteiger partial charge in [0.25, 0.3) is 0 Å². The van der Waals surface area contributed by atoms with Crippen molar-refractivity contribution in [3.05, 3.63) is 28.8 Å². The van der Waals surface area contributed by atoms with E-state index in [-0.39, 0.29) is 0 Å². The van der Waals surface area contributed by atoms with E-state index in [0.29, 0.717) is 5.92 Å². The Labute approximate surface area is 91.6 Å². The van der Waals surface area contributed by atoms with Gasteiger partial charge in [0.05, 0.1) is 7.11 Å². The molecule has 1 fully saturated rings. The summed E-state index contributed by atoms with van der Waals surface area (Å²) in [6.45, 7) is 6.60. The molecule has 82 valence electrons. The Balaban J connectivity index is 2.36. The molecule has 1 aromatic carbocycles. The molecule has 0 radical (unpaired) electrons. The zero-order valence-electron chi connectivity index (χ0n) is 9.76. The number of ether oxygens (including phenoxy) is 1. The van der Waals surface area contributed by atoms with Crippen molar-refractivity contribution in [2.24, 2.45) is 0 Å². The molecule has 1 heterocycles. The lowest BCUT2D eigenvalue weighted by atomic mass is 9.91. The highest BCUT2D eigenvalue weighted by atomic mass is 16.5. The molecule has 1 N–H and O–H groups in total. The van der Waals surface area contributed by atoms with Gasteiger partial charge in [-0.2, -0.15) is 0 Å². The van der Waals surface area contributed by atoms with Crippen LogP contribution in [-0.4, -0.2) is 20.2 Å². The smallest absolute Gasteiger partial charge is 0.122 e. The van der Waals surface area contributed by atoms with Crippen LogP contribution in [0.2, 0.25) is 0 Å². The van der Waals surface area contributed by atoms with Crippen molar-refractivity contribution in [2.45, 2.75) is 26.2 Å². The maximum absolute atomic E-state index is 5.33. The Bertz CT molecular complexity index is 354. The minimum absolute atomic E-state index is 0.689. The van der Waals surface area contributed by atoms with Crippen LogP contribution < -0.4 is 10.1 Å². The third-order valence-corrected chi connectivity index (χ3v) is 3.50. The van der Waals surface area contributed by atoms with Crippen molar-refractivity contribution in [3.63, 3.8) is 0 Å². The van der Waals surface area contributed by atoms with E-state index in [1.807, 2.05) is 0 Å². The van der Waals surface area contributed by atoms with E-state index >= 15 is 0 Å². The van der Waals surface area contributed by atoms with E-state index < -0.39 is 0 Å². The first-order valence-corrected chi connectivity index (χ1v) is 5.59. The maximum atomic E-state index is 5.33. The second kappa shape index (κ2) is 4.23. The van der Waals surface area contributed by atoms with Gasteiger partial charge in [0.2, 0.25) is 0 Å². The third-order valence-electron chi connectivity index (χ3n) is 3.50. The van der Waals surface area contributed by atoms with Crippen LogP contribution in [-0.2, 0) is 0 Å². The van der Waals surface area contributed by atoms with Crippen LogP contribution in [0.15, 0.2) is 12.1 Å². The zero-order valence-corrected chi connectivity index (χ0v) is 9.76. The lowest BCUT2D eigenvalue weighted by molar-refractivity contribution is 0.411. The third kappa shape index (κ3) is 1.86. The largest absolute Gasteiger partial charge is 0.496 e. The molecule has 0 amide bonds. The lowest BCUT2D eigenvalue weighted by Gasteiger charge is -2.16. The summed E-state index contributed by atoms with van der Waals surface area (Å²) >= 11 is 0. The van der Waals surface area contributed by atoms with E-state index in [4.69, 9.17) is 4.74 Å². The molecule has 0 saturated carbocycles. The van der Waals surface area contributed by atoms with Gasteiger partial charge in [-0.05, 0) is 55.5 Å². The normalized spacial score (nSPS) is 20.6. The molecule has 0 spiro atoms. The van der Waals surface area contributed by atoms with Gasteiger partial charge in [-0.25, -0.2) is 0 Å².